The van der Waals surface area contributed by atoms with Gasteiger partial charge >= 0.3 is 0 Å². The lowest BCUT2D eigenvalue weighted by atomic mass is 10.0. The van der Waals surface area contributed by atoms with Crippen molar-refractivity contribution in [3.8, 4) is 0 Å². The maximum Gasteiger partial charge on any atom is 0.0655 e. The van der Waals surface area contributed by atoms with Gasteiger partial charge in [0.05, 0.1) is 12.6 Å². The molecule has 0 saturated carbocycles. The Morgan fingerprint density at radius 2 is 2.23 bits per heavy atom. The lowest BCUT2D eigenvalue weighted by Crippen LogP contribution is -2.17. The molecule has 0 aliphatic rings. The van der Waals surface area contributed by atoms with Crippen molar-refractivity contribution < 1.29 is 4.74 Å². The van der Waals surface area contributed by atoms with E-state index in [9.17, 15) is 0 Å². The highest BCUT2D eigenvalue weighted by atomic mass is 127. The van der Waals surface area contributed by atoms with Crippen LogP contribution in [0.15, 0.2) is 18.2 Å². The highest BCUT2D eigenvalue weighted by Gasteiger charge is 2.08. The van der Waals surface area contributed by atoms with Crippen LogP contribution in [0.3, 0.4) is 0 Å². The van der Waals surface area contributed by atoms with Crippen LogP contribution in [0.2, 0.25) is 0 Å². The maximum absolute atomic E-state index is 5.95. The first kappa shape index (κ1) is 10.9. The van der Waals surface area contributed by atoms with Crippen LogP contribution < -0.4 is 5.73 Å². The third kappa shape index (κ3) is 2.93. The molecule has 0 heterocycles. The standard InChI is InChI=1S/C10H14INO/c1-7-3-4-8(11)5-9(7)10(12)6-13-2/h3-5,10H,6,12H2,1-2H3/t10-/m1/s1. The molecule has 2 nitrogen and oxygen atoms in total. The van der Waals surface area contributed by atoms with Crippen molar-refractivity contribution in [2.45, 2.75) is 13.0 Å². The summed E-state index contributed by atoms with van der Waals surface area (Å²) in [6.07, 6.45) is 0. The summed E-state index contributed by atoms with van der Waals surface area (Å²) in [5.41, 5.74) is 8.35. The quantitative estimate of drug-likeness (QED) is 0.867. The van der Waals surface area contributed by atoms with Crippen LogP contribution in [0.4, 0.5) is 0 Å². The molecule has 0 unspecified atom stereocenters. The van der Waals surface area contributed by atoms with Crippen molar-refractivity contribution in [1.82, 2.24) is 0 Å². The number of ether oxygens (including phenoxy) is 1. The lowest BCUT2D eigenvalue weighted by Gasteiger charge is -2.13. The van der Waals surface area contributed by atoms with Gasteiger partial charge in [-0.2, -0.15) is 0 Å². The van der Waals surface area contributed by atoms with Crippen molar-refractivity contribution in [3.63, 3.8) is 0 Å². The van der Waals surface area contributed by atoms with Gasteiger partial charge in [0.1, 0.15) is 0 Å². The van der Waals surface area contributed by atoms with E-state index in [1.54, 1.807) is 7.11 Å². The zero-order valence-corrected chi connectivity index (χ0v) is 10.0. The Bertz CT molecular complexity index is 288. The predicted molar refractivity (Wildman–Crippen MR) is 62.7 cm³/mol. The number of benzene rings is 1. The lowest BCUT2D eigenvalue weighted by molar-refractivity contribution is 0.180. The molecule has 0 bridgehead atoms. The largest absolute Gasteiger partial charge is 0.383 e. The normalized spacial score (nSPS) is 12.9. The first-order valence-corrected chi connectivity index (χ1v) is 5.23. The molecule has 1 atom stereocenters. The van der Waals surface area contributed by atoms with E-state index >= 15 is 0 Å². The van der Waals surface area contributed by atoms with Crippen LogP contribution in [0.1, 0.15) is 17.2 Å². The van der Waals surface area contributed by atoms with E-state index in [0.717, 1.165) is 0 Å². The van der Waals surface area contributed by atoms with Gasteiger partial charge in [-0.1, -0.05) is 6.07 Å². The smallest absolute Gasteiger partial charge is 0.0655 e. The molecule has 0 aliphatic carbocycles. The average Bonchev–Trinajstić information content (AvgIpc) is 2.09. The fourth-order valence-electron chi connectivity index (χ4n) is 1.28. The van der Waals surface area contributed by atoms with Gasteiger partial charge in [-0.05, 0) is 52.8 Å². The molecule has 1 rings (SSSR count). The second kappa shape index (κ2) is 4.93. The Hall–Kier alpha value is -0.130. The van der Waals surface area contributed by atoms with Crippen LogP contribution in [0.5, 0.6) is 0 Å². The molecule has 0 saturated heterocycles. The van der Waals surface area contributed by atoms with Crippen LogP contribution >= 0.6 is 22.6 Å². The molecule has 0 radical (unpaired) electrons. The Kier molecular flexibility index (Phi) is 4.15. The number of hydrogen-bond acceptors (Lipinski definition) is 2. The number of halogens is 1. The molecule has 72 valence electrons. The van der Waals surface area contributed by atoms with Crippen LogP contribution in [0.25, 0.3) is 0 Å². The molecule has 2 N–H and O–H groups in total. The summed E-state index contributed by atoms with van der Waals surface area (Å²) in [6.45, 7) is 2.64. The fraction of sp³-hybridized carbons (Fsp3) is 0.400. The van der Waals surface area contributed by atoms with Gasteiger partial charge in [-0.3, -0.25) is 0 Å². The van der Waals surface area contributed by atoms with E-state index in [-0.39, 0.29) is 6.04 Å². The maximum atomic E-state index is 5.95. The molecule has 0 aliphatic heterocycles. The minimum Gasteiger partial charge on any atom is -0.383 e. The molecule has 0 spiro atoms. The first-order valence-electron chi connectivity index (χ1n) is 4.15. The van der Waals surface area contributed by atoms with Crippen molar-refractivity contribution in [2.75, 3.05) is 13.7 Å². The van der Waals surface area contributed by atoms with Gasteiger partial charge in [0, 0.05) is 10.7 Å². The molecular formula is C10H14INO. The minimum atomic E-state index is -0.0142. The molecule has 1 aromatic carbocycles. The molecule has 1 aromatic rings. The second-order valence-corrected chi connectivity index (χ2v) is 4.31. The molecule has 0 aromatic heterocycles. The van der Waals surface area contributed by atoms with Crippen LogP contribution in [0, 0.1) is 10.5 Å². The molecule has 13 heavy (non-hydrogen) atoms. The third-order valence-electron chi connectivity index (χ3n) is 1.99. The predicted octanol–water partition coefficient (Wildman–Crippen LogP) is 2.25. The van der Waals surface area contributed by atoms with Gasteiger partial charge in [0.2, 0.25) is 0 Å². The minimum absolute atomic E-state index is 0.0142. The first-order chi connectivity index (χ1) is 6.15. The van der Waals surface area contributed by atoms with E-state index in [1.807, 2.05) is 0 Å². The van der Waals surface area contributed by atoms with Crippen LogP contribution in [-0.4, -0.2) is 13.7 Å². The molecule has 0 fully saturated rings. The summed E-state index contributed by atoms with van der Waals surface area (Å²) < 4.78 is 6.24. The Morgan fingerprint density at radius 3 is 2.85 bits per heavy atom. The van der Waals surface area contributed by atoms with Gasteiger partial charge in [0.25, 0.3) is 0 Å². The average molecular weight is 291 g/mol. The van der Waals surface area contributed by atoms with Crippen molar-refractivity contribution in [1.29, 1.82) is 0 Å². The number of nitrogens with two attached hydrogens (primary N) is 1. The summed E-state index contributed by atoms with van der Waals surface area (Å²) in [6, 6.07) is 6.27. The monoisotopic (exact) mass is 291 g/mol. The van der Waals surface area contributed by atoms with Crippen molar-refractivity contribution in [2.24, 2.45) is 5.73 Å². The highest BCUT2D eigenvalue weighted by Crippen LogP contribution is 2.18. The topological polar surface area (TPSA) is 35.2 Å². The van der Waals surface area contributed by atoms with Crippen LogP contribution in [-0.2, 0) is 4.74 Å². The summed E-state index contributed by atoms with van der Waals surface area (Å²) in [4.78, 5) is 0. The Balaban J connectivity index is 2.91. The number of rotatable bonds is 3. The summed E-state index contributed by atoms with van der Waals surface area (Å²) >= 11 is 2.29. The van der Waals surface area contributed by atoms with E-state index < -0.39 is 0 Å². The number of hydrogen-bond donors (Lipinski definition) is 1. The summed E-state index contributed by atoms with van der Waals surface area (Å²) in [7, 11) is 1.67. The van der Waals surface area contributed by atoms with Gasteiger partial charge in [-0.15, -0.1) is 0 Å². The summed E-state index contributed by atoms with van der Waals surface area (Å²) in [5, 5.41) is 0. The molecule has 0 amide bonds. The van der Waals surface area contributed by atoms with E-state index in [1.165, 1.54) is 14.7 Å². The SMILES string of the molecule is COC[C@@H](N)c1cc(I)ccc1C. The Labute approximate surface area is 92.6 Å². The molecule has 3 heteroatoms. The van der Waals surface area contributed by atoms with E-state index in [0.29, 0.717) is 6.61 Å². The number of aryl methyl sites for hydroxylation is 1. The van der Waals surface area contributed by atoms with Gasteiger partial charge in [-0.25, -0.2) is 0 Å². The second-order valence-electron chi connectivity index (χ2n) is 3.06. The number of methoxy groups -OCH3 is 1. The van der Waals surface area contributed by atoms with E-state index in [2.05, 4.69) is 47.7 Å². The van der Waals surface area contributed by atoms with E-state index in [4.69, 9.17) is 10.5 Å². The third-order valence-corrected chi connectivity index (χ3v) is 2.66. The summed E-state index contributed by atoms with van der Waals surface area (Å²) in [5.74, 6) is 0. The fourth-order valence-corrected chi connectivity index (χ4v) is 1.80. The van der Waals surface area contributed by atoms with Crippen molar-refractivity contribution in [3.05, 3.63) is 32.9 Å². The van der Waals surface area contributed by atoms with Gasteiger partial charge in [0.15, 0.2) is 0 Å². The zero-order chi connectivity index (χ0) is 9.84. The highest BCUT2D eigenvalue weighted by molar-refractivity contribution is 14.1. The molecular weight excluding hydrogens is 277 g/mol. The van der Waals surface area contributed by atoms with Gasteiger partial charge < -0.3 is 10.5 Å². The van der Waals surface area contributed by atoms with Crippen molar-refractivity contribution >= 4 is 22.6 Å². The Morgan fingerprint density at radius 1 is 1.54 bits per heavy atom. The zero-order valence-electron chi connectivity index (χ0n) is 7.88.